The molecule has 2 aromatic rings. The van der Waals surface area contributed by atoms with Crippen molar-refractivity contribution < 1.29 is 24.0 Å². The number of carbonyl (C=O) groups is 2. The number of hydrogen-bond acceptors (Lipinski definition) is 8. The minimum absolute atomic E-state index is 0.00485. The molecule has 1 aromatic heterocycles. The van der Waals surface area contributed by atoms with E-state index in [0.717, 1.165) is 12.8 Å². The van der Waals surface area contributed by atoms with Crippen LogP contribution in [0.15, 0.2) is 17.1 Å². The fraction of sp³-hybridized carbons (Fsp3) is 0.593. The largest absolute Gasteiger partial charge is 0.462 e. The van der Waals surface area contributed by atoms with E-state index in [2.05, 4.69) is 5.32 Å². The number of fused-ring (bicyclic) bond motifs is 1. The minimum Gasteiger partial charge on any atom is -0.462 e. The second-order valence-corrected chi connectivity index (χ2v) is 11.8. The molecular weight excluding hydrogens is 528 g/mol. The van der Waals surface area contributed by atoms with E-state index in [1.807, 2.05) is 13.8 Å². The summed E-state index contributed by atoms with van der Waals surface area (Å²) in [5.74, 6) is -0.678. The molecule has 1 aliphatic heterocycles. The SMILES string of the molecule is CCOC(=O)c1cn(C2CC2)c2c(Cl)c(N3C[C@@H](C)[C@@H](C)[C@H](NC(=O)OC(C)(C)C)C3)c([N+](=O)[O-])cc2c1=O. The number of alkyl carbamates (subject to hydrolysis) is 1. The van der Waals surface area contributed by atoms with Crippen LogP contribution in [0.25, 0.3) is 10.9 Å². The molecule has 39 heavy (non-hydrogen) atoms. The topological polar surface area (TPSA) is 133 Å². The Labute approximate surface area is 231 Å². The molecule has 3 atom stereocenters. The highest BCUT2D eigenvalue weighted by Crippen LogP contribution is 2.46. The van der Waals surface area contributed by atoms with Crippen molar-refractivity contribution in [2.45, 2.75) is 72.1 Å². The Morgan fingerprint density at radius 2 is 1.90 bits per heavy atom. The van der Waals surface area contributed by atoms with Gasteiger partial charge in [-0.15, -0.1) is 0 Å². The molecule has 2 heterocycles. The number of nitrogens with one attached hydrogen (secondary N) is 1. The van der Waals surface area contributed by atoms with Crippen LogP contribution >= 0.6 is 11.6 Å². The van der Waals surface area contributed by atoms with Gasteiger partial charge in [0.25, 0.3) is 5.69 Å². The third kappa shape index (κ3) is 5.83. The first-order chi connectivity index (χ1) is 18.2. The zero-order valence-electron chi connectivity index (χ0n) is 23.1. The van der Waals surface area contributed by atoms with Gasteiger partial charge in [-0.3, -0.25) is 14.9 Å². The normalized spacial score (nSPS) is 21.5. The molecule has 0 unspecified atom stereocenters. The lowest BCUT2D eigenvalue weighted by atomic mass is 9.84. The standard InChI is InChI=1S/C27H35ClN4O7/c1-7-38-25(34)18-12-31(16-8-9-16)22-17(24(18)33)10-20(32(36)37)23(21(22)28)30-11-14(2)15(3)19(13-30)29-26(35)39-27(4,5)6/h10,12,14-16,19H,7-9,11,13H2,1-6H3,(H,29,35)/t14-,15-,19-/m1/s1. The number of nitro benzene ring substituents is 1. The lowest BCUT2D eigenvalue weighted by Gasteiger charge is -2.42. The number of nitrogens with zero attached hydrogens (tertiary/aromatic N) is 3. The van der Waals surface area contributed by atoms with Gasteiger partial charge in [-0.2, -0.15) is 0 Å². The lowest BCUT2D eigenvalue weighted by Crippen LogP contribution is -2.56. The van der Waals surface area contributed by atoms with Crippen LogP contribution in [-0.4, -0.2) is 52.9 Å². The molecular formula is C27H35ClN4O7. The van der Waals surface area contributed by atoms with Gasteiger partial charge >= 0.3 is 12.1 Å². The molecule has 0 spiro atoms. The highest BCUT2D eigenvalue weighted by Gasteiger charge is 2.38. The Bertz CT molecular complexity index is 1380. The number of halogens is 1. The smallest absolute Gasteiger partial charge is 0.407 e. The number of aromatic nitrogens is 1. The third-order valence-electron chi connectivity index (χ3n) is 7.32. The van der Waals surface area contributed by atoms with Crippen LogP contribution in [0.1, 0.15) is 70.8 Å². The van der Waals surface area contributed by atoms with E-state index >= 15 is 0 Å². The number of esters is 1. The molecule has 11 nitrogen and oxygen atoms in total. The third-order valence-corrected chi connectivity index (χ3v) is 7.68. The molecule has 0 bridgehead atoms. The highest BCUT2D eigenvalue weighted by atomic mass is 35.5. The van der Waals surface area contributed by atoms with Crippen LogP contribution in [0.3, 0.4) is 0 Å². The van der Waals surface area contributed by atoms with Gasteiger partial charge in [-0.25, -0.2) is 9.59 Å². The Morgan fingerprint density at radius 1 is 1.23 bits per heavy atom. The van der Waals surface area contributed by atoms with Crippen LogP contribution in [0.5, 0.6) is 0 Å². The average molecular weight is 563 g/mol. The molecule has 12 heteroatoms. The summed E-state index contributed by atoms with van der Waals surface area (Å²) in [5.41, 5.74) is -1.34. The maximum atomic E-state index is 13.4. The summed E-state index contributed by atoms with van der Waals surface area (Å²) in [6.45, 7) is 11.8. The molecule has 2 aliphatic rings. The number of ether oxygens (including phenoxy) is 2. The maximum Gasteiger partial charge on any atom is 0.407 e. The van der Waals surface area contributed by atoms with E-state index in [0.29, 0.717) is 12.1 Å². The van der Waals surface area contributed by atoms with Crippen molar-refractivity contribution in [1.29, 1.82) is 0 Å². The number of nitro groups is 1. The van der Waals surface area contributed by atoms with Crippen LogP contribution in [0.2, 0.25) is 5.02 Å². The quantitative estimate of drug-likeness (QED) is 0.293. The van der Waals surface area contributed by atoms with Gasteiger partial charge in [0.1, 0.15) is 16.9 Å². The summed E-state index contributed by atoms with van der Waals surface area (Å²) in [6, 6.07) is 0.848. The van der Waals surface area contributed by atoms with Crippen molar-refractivity contribution in [3.05, 3.63) is 43.2 Å². The van der Waals surface area contributed by atoms with E-state index in [4.69, 9.17) is 21.1 Å². The van der Waals surface area contributed by atoms with Crippen molar-refractivity contribution in [3.8, 4) is 0 Å². The molecule has 212 valence electrons. The number of amides is 1. The maximum absolute atomic E-state index is 13.4. The number of benzene rings is 1. The predicted octanol–water partition coefficient (Wildman–Crippen LogP) is 5.06. The Morgan fingerprint density at radius 3 is 2.46 bits per heavy atom. The van der Waals surface area contributed by atoms with Gasteiger partial charge in [0.15, 0.2) is 0 Å². The molecule has 4 rings (SSSR count). The zero-order chi connectivity index (χ0) is 28.8. The summed E-state index contributed by atoms with van der Waals surface area (Å²) in [5, 5.41) is 15.3. The number of carbonyl (C=O) groups excluding carboxylic acids is 2. The van der Waals surface area contributed by atoms with Crippen molar-refractivity contribution in [1.82, 2.24) is 9.88 Å². The van der Waals surface area contributed by atoms with E-state index in [1.54, 1.807) is 37.2 Å². The molecule has 1 N–H and O–H groups in total. The fourth-order valence-corrected chi connectivity index (χ4v) is 5.51. The zero-order valence-corrected chi connectivity index (χ0v) is 23.8. The van der Waals surface area contributed by atoms with Crippen LogP contribution in [-0.2, 0) is 9.47 Å². The van der Waals surface area contributed by atoms with Gasteiger partial charge in [-0.05, 0) is 52.4 Å². The number of piperidine rings is 1. The molecule has 0 radical (unpaired) electrons. The average Bonchev–Trinajstić information content (AvgIpc) is 3.66. The van der Waals surface area contributed by atoms with Crippen LogP contribution in [0, 0.1) is 22.0 Å². The van der Waals surface area contributed by atoms with Gasteiger partial charge in [0, 0.05) is 31.4 Å². The first-order valence-electron chi connectivity index (χ1n) is 13.2. The molecule has 1 amide bonds. The van der Waals surface area contributed by atoms with Crippen LogP contribution < -0.4 is 15.6 Å². The van der Waals surface area contributed by atoms with E-state index in [9.17, 15) is 24.5 Å². The molecule has 2 fully saturated rings. The summed E-state index contributed by atoms with van der Waals surface area (Å²) >= 11 is 6.96. The van der Waals surface area contributed by atoms with Gasteiger partial charge in [-0.1, -0.05) is 25.4 Å². The van der Waals surface area contributed by atoms with Crippen LogP contribution in [0.4, 0.5) is 16.2 Å². The molecule has 1 aliphatic carbocycles. The fourth-order valence-electron chi connectivity index (χ4n) is 5.09. The Kier molecular flexibility index (Phi) is 7.84. The summed E-state index contributed by atoms with van der Waals surface area (Å²) in [7, 11) is 0. The van der Waals surface area contributed by atoms with Crippen molar-refractivity contribution >= 4 is 45.9 Å². The van der Waals surface area contributed by atoms with Crippen molar-refractivity contribution in [2.75, 3.05) is 24.6 Å². The first-order valence-corrected chi connectivity index (χ1v) is 13.6. The van der Waals surface area contributed by atoms with E-state index < -0.39 is 28.0 Å². The summed E-state index contributed by atoms with van der Waals surface area (Å²) in [4.78, 5) is 52.0. The van der Waals surface area contributed by atoms with Crippen molar-refractivity contribution in [2.24, 2.45) is 11.8 Å². The van der Waals surface area contributed by atoms with Gasteiger partial charge in [0.05, 0.1) is 33.5 Å². The highest BCUT2D eigenvalue weighted by molar-refractivity contribution is 6.38. The lowest BCUT2D eigenvalue weighted by molar-refractivity contribution is -0.384. The van der Waals surface area contributed by atoms with Crippen molar-refractivity contribution in [3.63, 3.8) is 0 Å². The first kappa shape index (κ1) is 28.7. The minimum atomic E-state index is -0.781. The summed E-state index contributed by atoms with van der Waals surface area (Å²) in [6.07, 6.45) is 2.53. The Balaban J connectivity index is 1.85. The number of rotatable bonds is 6. The number of pyridine rings is 1. The van der Waals surface area contributed by atoms with E-state index in [-0.39, 0.29) is 64.4 Å². The number of anilines is 1. The Hall–Kier alpha value is -3.34. The number of hydrogen-bond donors (Lipinski definition) is 1. The van der Waals surface area contributed by atoms with E-state index in [1.165, 1.54) is 12.3 Å². The second-order valence-electron chi connectivity index (χ2n) is 11.4. The van der Waals surface area contributed by atoms with Gasteiger partial charge in [0.2, 0.25) is 5.43 Å². The molecule has 1 saturated carbocycles. The molecule has 1 saturated heterocycles. The molecule has 1 aromatic carbocycles. The van der Waals surface area contributed by atoms with Gasteiger partial charge < -0.3 is 24.3 Å². The summed E-state index contributed by atoms with van der Waals surface area (Å²) < 4.78 is 12.3. The monoisotopic (exact) mass is 562 g/mol. The second kappa shape index (κ2) is 10.7. The predicted molar refractivity (Wildman–Crippen MR) is 148 cm³/mol.